The highest BCUT2D eigenvalue weighted by Crippen LogP contribution is 2.36. The van der Waals surface area contributed by atoms with Gasteiger partial charge in [0.2, 0.25) is 5.92 Å². The molecule has 0 spiro atoms. The number of carbonyl (C=O) groups is 2. The maximum atomic E-state index is 14.0. The molecule has 1 saturated carbocycles. The highest BCUT2D eigenvalue weighted by atomic mass is 32.2. The zero-order chi connectivity index (χ0) is 29.5. The molecule has 1 aromatic carbocycles. The fraction of sp³-hybridized carbons (Fsp3) is 0.520. The molecule has 2 amide bonds. The Morgan fingerprint density at radius 1 is 1.10 bits per heavy atom. The van der Waals surface area contributed by atoms with Crippen molar-refractivity contribution < 1.29 is 35.8 Å². The van der Waals surface area contributed by atoms with Gasteiger partial charge in [-0.25, -0.2) is 13.0 Å². The van der Waals surface area contributed by atoms with Gasteiger partial charge in [-0.05, 0) is 56.4 Å². The molecule has 0 bridgehead atoms. The molecule has 2 heterocycles. The highest BCUT2D eigenvalue weighted by molar-refractivity contribution is 7.93. The van der Waals surface area contributed by atoms with Gasteiger partial charge in [-0.1, -0.05) is 6.07 Å². The third-order valence-corrected chi connectivity index (χ3v) is 8.81. The quantitative estimate of drug-likeness (QED) is 0.490. The normalized spacial score (nSPS) is 20.1. The summed E-state index contributed by atoms with van der Waals surface area (Å²) in [4.78, 5) is 27.3. The van der Waals surface area contributed by atoms with Gasteiger partial charge in [0.15, 0.2) is 11.5 Å². The lowest BCUT2D eigenvalue weighted by Gasteiger charge is -2.34. The van der Waals surface area contributed by atoms with Gasteiger partial charge in [0.25, 0.3) is 11.8 Å². The number of nitrogens with two attached hydrogens (primary N) is 1. The van der Waals surface area contributed by atoms with Crippen molar-refractivity contribution in [1.82, 2.24) is 10.2 Å². The van der Waals surface area contributed by atoms with Gasteiger partial charge in [-0.2, -0.15) is 17.5 Å². The SMILES string of the molecule is Cc1c(C(F)(F)F)nnc(N2CCCC(F)(F)CC2)c1C(=O)Nc1cccc([S@@](C)(=O)=NC(=O)C2(N)CCC2)c1. The second kappa shape index (κ2) is 10.7. The van der Waals surface area contributed by atoms with Gasteiger partial charge < -0.3 is 16.0 Å². The minimum atomic E-state index is -4.92. The third-order valence-electron chi connectivity index (χ3n) is 7.17. The Morgan fingerprint density at radius 3 is 2.42 bits per heavy atom. The van der Waals surface area contributed by atoms with Gasteiger partial charge in [0.05, 0.1) is 20.8 Å². The highest BCUT2D eigenvalue weighted by Gasteiger charge is 2.41. The first-order chi connectivity index (χ1) is 18.5. The predicted octanol–water partition coefficient (Wildman–Crippen LogP) is 4.55. The van der Waals surface area contributed by atoms with E-state index in [9.17, 15) is 35.8 Å². The Kier molecular flexibility index (Phi) is 7.93. The molecule has 1 aliphatic carbocycles. The maximum Gasteiger partial charge on any atom is 0.435 e. The van der Waals surface area contributed by atoms with E-state index in [-0.39, 0.29) is 35.9 Å². The van der Waals surface area contributed by atoms with Crippen LogP contribution in [0.5, 0.6) is 0 Å². The predicted molar refractivity (Wildman–Crippen MR) is 138 cm³/mol. The molecule has 1 saturated heterocycles. The van der Waals surface area contributed by atoms with Crippen LogP contribution in [0.25, 0.3) is 0 Å². The largest absolute Gasteiger partial charge is 0.435 e. The van der Waals surface area contributed by atoms with Crippen LogP contribution in [-0.2, 0) is 20.7 Å². The molecule has 4 rings (SSSR count). The van der Waals surface area contributed by atoms with E-state index in [2.05, 4.69) is 19.9 Å². The first kappa shape index (κ1) is 29.8. The summed E-state index contributed by atoms with van der Waals surface area (Å²) in [5.74, 6) is -4.88. The van der Waals surface area contributed by atoms with Crippen LogP contribution >= 0.6 is 0 Å². The molecule has 1 aromatic heterocycles. The number of rotatable bonds is 5. The molecular weight excluding hydrogens is 559 g/mol. The van der Waals surface area contributed by atoms with Crippen molar-refractivity contribution in [2.75, 3.05) is 29.6 Å². The number of benzene rings is 1. The van der Waals surface area contributed by atoms with Crippen molar-refractivity contribution in [3.05, 3.63) is 41.1 Å². The number of nitrogens with zero attached hydrogens (tertiary/aromatic N) is 4. The number of hydrogen-bond acceptors (Lipinski definition) is 7. The van der Waals surface area contributed by atoms with Crippen LogP contribution in [0.2, 0.25) is 0 Å². The van der Waals surface area contributed by atoms with Crippen molar-refractivity contribution in [2.24, 2.45) is 10.1 Å². The van der Waals surface area contributed by atoms with Gasteiger partial charge in [-0.3, -0.25) is 9.59 Å². The molecule has 218 valence electrons. The standard InChI is InChI=1S/C25H29F5N6O3S/c1-15-18(20(34-33-19(15)25(28,29)30)36-12-5-10-24(26,27)11-13-36)21(37)32-16-6-3-7-17(14-16)40(2,39)35-22(38)23(31)8-4-9-23/h3,6-7,14H,4-5,8-13,31H2,1-2H3,(H,32,37)/t40-/m1/s1. The molecule has 0 radical (unpaired) electrons. The van der Waals surface area contributed by atoms with Gasteiger partial charge in [0.1, 0.15) is 0 Å². The van der Waals surface area contributed by atoms with E-state index in [4.69, 9.17) is 5.73 Å². The lowest BCUT2D eigenvalue weighted by Crippen LogP contribution is -2.53. The van der Waals surface area contributed by atoms with E-state index in [1.165, 1.54) is 35.4 Å². The Morgan fingerprint density at radius 2 is 1.80 bits per heavy atom. The van der Waals surface area contributed by atoms with Gasteiger partial charge >= 0.3 is 6.18 Å². The van der Waals surface area contributed by atoms with E-state index in [1.807, 2.05) is 0 Å². The first-order valence-corrected chi connectivity index (χ1v) is 14.5. The first-order valence-electron chi connectivity index (χ1n) is 12.6. The smallest absolute Gasteiger partial charge is 0.354 e. The molecule has 9 nitrogen and oxygen atoms in total. The monoisotopic (exact) mass is 588 g/mol. The lowest BCUT2D eigenvalue weighted by molar-refractivity contribution is -0.142. The van der Waals surface area contributed by atoms with Crippen LogP contribution in [0.15, 0.2) is 33.5 Å². The Labute approximate surface area is 227 Å². The second-order valence-corrected chi connectivity index (χ2v) is 12.5. The molecule has 2 fully saturated rings. The molecule has 15 heteroatoms. The maximum absolute atomic E-state index is 14.0. The van der Waals surface area contributed by atoms with E-state index >= 15 is 0 Å². The number of aromatic nitrogens is 2. The number of nitrogens with one attached hydrogen (secondary N) is 1. The summed E-state index contributed by atoms with van der Waals surface area (Å²) in [6.45, 7) is 0.866. The zero-order valence-corrected chi connectivity index (χ0v) is 22.7. The third kappa shape index (κ3) is 6.24. The number of halogens is 5. The number of amides is 2. The van der Waals surface area contributed by atoms with Crippen molar-refractivity contribution in [2.45, 2.75) is 68.0 Å². The summed E-state index contributed by atoms with van der Waals surface area (Å²) in [6, 6.07) is 5.58. The number of hydrogen-bond donors (Lipinski definition) is 2. The molecular formula is C25H29F5N6O3S. The summed E-state index contributed by atoms with van der Waals surface area (Å²) in [5.41, 5.74) is 2.53. The summed E-state index contributed by atoms with van der Waals surface area (Å²) in [6.07, 6.45) is -2.99. The molecule has 40 heavy (non-hydrogen) atoms. The lowest BCUT2D eigenvalue weighted by atomic mass is 9.77. The van der Waals surface area contributed by atoms with Gasteiger partial charge in [-0.15, -0.1) is 10.2 Å². The fourth-order valence-electron chi connectivity index (χ4n) is 4.62. The average Bonchev–Trinajstić information content (AvgIpc) is 3.01. The average molecular weight is 589 g/mol. The molecule has 3 N–H and O–H groups in total. The topological polar surface area (TPSA) is 131 Å². The minimum Gasteiger partial charge on any atom is -0.354 e. The van der Waals surface area contributed by atoms with Crippen molar-refractivity contribution >= 4 is 33.0 Å². The molecule has 2 aliphatic rings. The Balaban J connectivity index is 1.68. The van der Waals surface area contributed by atoms with Crippen LogP contribution in [-0.4, -0.2) is 57.0 Å². The van der Waals surface area contributed by atoms with E-state index in [1.54, 1.807) is 0 Å². The van der Waals surface area contributed by atoms with Crippen LogP contribution in [0.4, 0.5) is 33.5 Å². The van der Waals surface area contributed by atoms with Crippen LogP contribution in [0.3, 0.4) is 0 Å². The molecule has 1 aliphatic heterocycles. The summed E-state index contributed by atoms with van der Waals surface area (Å²) < 4.78 is 85.9. The Hall–Kier alpha value is -3.20. The molecule has 0 unspecified atom stereocenters. The minimum absolute atomic E-state index is 0.0367. The van der Waals surface area contributed by atoms with Gasteiger partial charge in [0, 0.05) is 42.8 Å². The summed E-state index contributed by atoms with van der Waals surface area (Å²) in [7, 11) is -3.27. The van der Waals surface area contributed by atoms with E-state index in [0.29, 0.717) is 12.8 Å². The molecule has 2 aromatic rings. The zero-order valence-electron chi connectivity index (χ0n) is 21.9. The summed E-state index contributed by atoms with van der Waals surface area (Å²) >= 11 is 0. The van der Waals surface area contributed by atoms with Crippen LogP contribution in [0.1, 0.15) is 60.1 Å². The summed E-state index contributed by atoms with van der Waals surface area (Å²) in [5, 5.41) is 9.40. The second-order valence-electron chi connectivity index (χ2n) is 10.3. The van der Waals surface area contributed by atoms with Crippen LogP contribution < -0.4 is 16.0 Å². The number of carbonyl (C=O) groups excluding carboxylic acids is 2. The Bertz CT molecular complexity index is 1450. The van der Waals surface area contributed by atoms with Crippen molar-refractivity contribution in [3.63, 3.8) is 0 Å². The fourth-order valence-corrected chi connectivity index (χ4v) is 5.90. The number of alkyl halides is 5. The van der Waals surface area contributed by atoms with E-state index < -0.39 is 68.8 Å². The van der Waals surface area contributed by atoms with Crippen molar-refractivity contribution in [1.29, 1.82) is 0 Å². The number of anilines is 2. The molecule has 1 atom stereocenters. The van der Waals surface area contributed by atoms with Crippen LogP contribution in [0, 0.1) is 6.92 Å². The van der Waals surface area contributed by atoms with E-state index in [0.717, 1.165) is 13.3 Å². The van der Waals surface area contributed by atoms with Crippen molar-refractivity contribution in [3.8, 4) is 0 Å².